The van der Waals surface area contributed by atoms with Crippen LogP contribution in [0.2, 0.25) is 0 Å². The summed E-state index contributed by atoms with van der Waals surface area (Å²) >= 11 is 1.96. The fourth-order valence-electron chi connectivity index (χ4n) is 8.13. The highest BCUT2D eigenvalue weighted by Crippen LogP contribution is 2.49. The van der Waals surface area contributed by atoms with E-state index in [0.29, 0.717) is 0 Å². The van der Waals surface area contributed by atoms with Gasteiger partial charge in [0.05, 0.1) is 22.1 Å². The molecule has 0 amide bonds. The normalized spacial score (nSPS) is 12.3. The van der Waals surface area contributed by atoms with Crippen molar-refractivity contribution in [3.63, 3.8) is 0 Å². The molecule has 47 heavy (non-hydrogen) atoms. The quantitative estimate of drug-likeness (QED) is 0.183. The Morgan fingerprint density at radius 1 is 0.298 bits per heavy atom. The molecule has 11 rings (SSSR count). The van der Waals surface area contributed by atoms with Gasteiger partial charge in [0.1, 0.15) is 0 Å². The number of hydrogen-bond acceptors (Lipinski definition) is 1. The minimum absolute atomic E-state index is 1.18. The summed E-state index contributed by atoms with van der Waals surface area (Å²) in [6.45, 7) is 0. The molecule has 0 radical (unpaired) electrons. The average molecular weight is 615 g/mol. The van der Waals surface area contributed by atoms with Gasteiger partial charge in [0.15, 0.2) is 0 Å². The van der Waals surface area contributed by atoms with E-state index in [1.807, 2.05) is 11.3 Å². The predicted molar refractivity (Wildman–Crippen MR) is 203 cm³/mol. The fourth-order valence-corrected chi connectivity index (χ4v) is 9.52. The maximum atomic E-state index is 2.45. The molecule has 0 fully saturated rings. The number of fused-ring (bicyclic) bond motifs is 15. The van der Waals surface area contributed by atoms with E-state index >= 15 is 0 Å². The van der Waals surface area contributed by atoms with Crippen molar-refractivity contribution in [2.24, 2.45) is 0 Å². The van der Waals surface area contributed by atoms with Gasteiger partial charge >= 0.3 is 0 Å². The second-order valence-corrected chi connectivity index (χ2v) is 13.5. The highest BCUT2D eigenvalue weighted by Gasteiger charge is 2.23. The Kier molecular flexibility index (Phi) is 5.02. The molecule has 0 aliphatic rings. The van der Waals surface area contributed by atoms with Crippen LogP contribution in [0.3, 0.4) is 0 Å². The summed E-state index contributed by atoms with van der Waals surface area (Å²) in [5.74, 6) is 0. The number of nitrogens with zero attached hydrogens (tertiary/aromatic N) is 2. The molecule has 8 aromatic carbocycles. The van der Waals surface area contributed by atoms with Crippen molar-refractivity contribution < 1.29 is 0 Å². The van der Waals surface area contributed by atoms with Gasteiger partial charge in [-0.15, -0.1) is 11.3 Å². The van der Waals surface area contributed by atoms with Gasteiger partial charge in [0.2, 0.25) is 0 Å². The van der Waals surface area contributed by atoms with Crippen LogP contribution in [0.25, 0.3) is 96.7 Å². The molecule has 0 N–H and O–H groups in total. The molecule has 0 atom stereocenters. The number of para-hydroxylation sites is 2. The molecule has 218 valence electrons. The Bertz CT molecular complexity index is 2840. The summed E-state index contributed by atoms with van der Waals surface area (Å²) in [4.78, 5) is 0. The molecule has 0 bridgehead atoms. The van der Waals surface area contributed by atoms with E-state index in [0.717, 1.165) is 0 Å². The first kappa shape index (κ1) is 25.3. The lowest BCUT2D eigenvalue weighted by Crippen LogP contribution is -1.93. The van der Waals surface area contributed by atoms with Gasteiger partial charge < -0.3 is 9.13 Å². The zero-order chi connectivity index (χ0) is 30.6. The molecule has 0 saturated heterocycles. The highest BCUT2D eigenvalue weighted by atomic mass is 32.1. The van der Waals surface area contributed by atoms with Gasteiger partial charge in [-0.25, -0.2) is 0 Å². The van der Waals surface area contributed by atoms with Crippen molar-refractivity contribution in [1.29, 1.82) is 0 Å². The van der Waals surface area contributed by atoms with Crippen LogP contribution in [0.1, 0.15) is 0 Å². The predicted octanol–water partition coefficient (Wildman–Crippen LogP) is 12.6. The van der Waals surface area contributed by atoms with Crippen molar-refractivity contribution in [2.45, 2.75) is 0 Å². The number of hydrogen-bond donors (Lipinski definition) is 0. The Morgan fingerprint density at radius 2 is 0.681 bits per heavy atom. The average Bonchev–Trinajstić information content (AvgIpc) is 3.80. The van der Waals surface area contributed by atoms with Crippen LogP contribution in [0, 0.1) is 0 Å². The number of benzene rings is 8. The van der Waals surface area contributed by atoms with Gasteiger partial charge in [0, 0.05) is 53.1 Å². The molecule has 11 aromatic rings. The fraction of sp³-hybridized carbons (Fsp3) is 0. The van der Waals surface area contributed by atoms with E-state index in [-0.39, 0.29) is 0 Å². The minimum Gasteiger partial charge on any atom is -0.309 e. The Labute approximate surface area is 273 Å². The zero-order valence-electron chi connectivity index (χ0n) is 25.3. The van der Waals surface area contributed by atoms with E-state index in [9.17, 15) is 0 Å². The molecule has 0 saturated carbocycles. The Morgan fingerprint density at radius 3 is 1.15 bits per heavy atom. The molecular weight excluding hydrogens is 589 g/mol. The molecule has 0 aliphatic heterocycles. The van der Waals surface area contributed by atoms with E-state index in [4.69, 9.17) is 0 Å². The van der Waals surface area contributed by atoms with Crippen molar-refractivity contribution in [3.8, 4) is 11.4 Å². The van der Waals surface area contributed by atoms with Gasteiger partial charge in [-0.05, 0) is 70.1 Å². The Balaban J connectivity index is 1.38. The SMILES string of the molecule is c1ccc(-n2c3ccc4ccccc4c3c3c4sc5c(ccc6c5c5c7ccccc7ccc5n6-c5ccccc5)c4ccc32)cc1. The van der Waals surface area contributed by atoms with Crippen LogP contribution in [0.4, 0.5) is 0 Å². The minimum atomic E-state index is 1.18. The van der Waals surface area contributed by atoms with Crippen LogP contribution in [-0.4, -0.2) is 9.13 Å². The van der Waals surface area contributed by atoms with Gasteiger partial charge in [-0.1, -0.05) is 109 Å². The lowest BCUT2D eigenvalue weighted by Gasteiger charge is -2.08. The van der Waals surface area contributed by atoms with Gasteiger partial charge in [0.25, 0.3) is 0 Å². The third-order valence-electron chi connectivity index (χ3n) is 10.1. The van der Waals surface area contributed by atoms with Crippen molar-refractivity contribution in [2.75, 3.05) is 0 Å². The second kappa shape index (κ2) is 9.32. The largest absolute Gasteiger partial charge is 0.309 e. The van der Waals surface area contributed by atoms with Crippen molar-refractivity contribution in [1.82, 2.24) is 9.13 Å². The van der Waals surface area contributed by atoms with E-state index in [1.165, 1.54) is 96.7 Å². The van der Waals surface area contributed by atoms with E-state index in [1.54, 1.807) is 0 Å². The lowest BCUT2D eigenvalue weighted by atomic mass is 10.0. The molecule has 3 aromatic heterocycles. The zero-order valence-corrected chi connectivity index (χ0v) is 26.1. The first-order chi connectivity index (χ1) is 23.3. The smallest absolute Gasteiger partial charge is 0.0555 e. The second-order valence-electron chi connectivity index (χ2n) is 12.5. The van der Waals surface area contributed by atoms with Crippen LogP contribution in [0.5, 0.6) is 0 Å². The molecule has 3 heterocycles. The highest BCUT2D eigenvalue weighted by molar-refractivity contribution is 7.27. The summed E-state index contributed by atoms with van der Waals surface area (Å²) in [7, 11) is 0. The third kappa shape index (κ3) is 3.34. The molecule has 2 nitrogen and oxygen atoms in total. The third-order valence-corrected chi connectivity index (χ3v) is 11.3. The van der Waals surface area contributed by atoms with Gasteiger partial charge in [-0.3, -0.25) is 0 Å². The van der Waals surface area contributed by atoms with Crippen LogP contribution in [-0.2, 0) is 0 Å². The monoisotopic (exact) mass is 614 g/mol. The van der Waals surface area contributed by atoms with Crippen molar-refractivity contribution in [3.05, 3.63) is 158 Å². The number of rotatable bonds is 2. The maximum Gasteiger partial charge on any atom is 0.0555 e. The van der Waals surface area contributed by atoms with E-state index in [2.05, 4.69) is 167 Å². The number of thiophene rings is 1. The Hall–Kier alpha value is -5.90. The standard InChI is InChI=1S/C44H26N2S/c1-3-13-29(14-4-1)45-35-23-19-27-11-7-9-17-31(27)39(35)41-37(45)25-21-33-34-22-26-38-42(44(34)47-43(33)41)40-32-18-10-8-12-28(32)20-24-36(40)46(38)30-15-5-2-6-16-30/h1-26H. The maximum absolute atomic E-state index is 2.45. The van der Waals surface area contributed by atoms with Crippen LogP contribution < -0.4 is 0 Å². The molecule has 0 aliphatic carbocycles. The van der Waals surface area contributed by atoms with Crippen LogP contribution in [0.15, 0.2) is 158 Å². The summed E-state index contributed by atoms with van der Waals surface area (Å²) in [6.07, 6.45) is 0. The van der Waals surface area contributed by atoms with E-state index < -0.39 is 0 Å². The molecule has 0 unspecified atom stereocenters. The number of aromatic nitrogens is 2. The molecule has 3 heteroatoms. The summed E-state index contributed by atoms with van der Waals surface area (Å²) in [5, 5.41) is 13.1. The lowest BCUT2D eigenvalue weighted by molar-refractivity contribution is 1.18. The summed E-state index contributed by atoms with van der Waals surface area (Å²) < 4.78 is 7.60. The summed E-state index contributed by atoms with van der Waals surface area (Å²) in [5.41, 5.74) is 7.34. The first-order valence-electron chi connectivity index (χ1n) is 16.1. The van der Waals surface area contributed by atoms with Crippen LogP contribution >= 0.6 is 11.3 Å². The summed E-state index contributed by atoms with van der Waals surface area (Å²) in [6, 6.07) is 57.8. The molecular formula is C44H26N2S. The van der Waals surface area contributed by atoms with Crippen molar-refractivity contribution >= 4 is 96.7 Å². The van der Waals surface area contributed by atoms with Gasteiger partial charge in [-0.2, -0.15) is 0 Å². The molecule has 0 spiro atoms. The first-order valence-corrected chi connectivity index (χ1v) is 16.9. The topological polar surface area (TPSA) is 9.86 Å².